The minimum atomic E-state index is -0.621. The van der Waals surface area contributed by atoms with Crippen LogP contribution in [-0.2, 0) is 4.79 Å². The van der Waals surface area contributed by atoms with Crippen LogP contribution in [0.2, 0.25) is 0 Å². The van der Waals surface area contributed by atoms with Gasteiger partial charge in [-0.1, -0.05) is 30.9 Å². The van der Waals surface area contributed by atoms with Crippen molar-refractivity contribution in [2.24, 2.45) is 0 Å². The van der Waals surface area contributed by atoms with E-state index in [1.54, 1.807) is 30.3 Å². The molecule has 0 unspecified atom stereocenters. The fourth-order valence-corrected chi connectivity index (χ4v) is 1.60. The summed E-state index contributed by atoms with van der Waals surface area (Å²) in [4.78, 5) is 11.6. The van der Waals surface area contributed by atoms with Crippen LogP contribution < -0.4 is 9.47 Å². The molecule has 0 heterocycles. The highest BCUT2D eigenvalue weighted by Gasteiger charge is 2.10. The van der Waals surface area contributed by atoms with E-state index in [1.165, 1.54) is 18.2 Å². The van der Waals surface area contributed by atoms with Gasteiger partial charge in [0.1, 0.15) is 5.75 Å². The zero-order chi connectivity index (χ0) is 15.2. The lowest BCUT2D eigenvalue weighted by Gasteiger charge is -2.08. The molecule has 5 nitrogen and oxygen atoms in total. The van der Waals surface area contributed by atoms with Gasteiger partial charge in [-0.15, -0.1) is 0 Å². The first-order valence-corrected chi connectivity index (χ1v) is 6.17. The average Bonchev–Trinajstić information content (AvgIpc) is 2.49. The summed E-state index contributed by atoms with van der Waals surface area (Å²) in [5, 5.41) is 18.8. The molecule has 0 radical (unpaired) electrons. The first kappa shape index (κ1) is 14.5. The molecule has 0 aliphatic rings. The first-order valence-electron chi connectivity index (χ1n) is 6.17. The number of esters is 1. The van der Waals surface area contributed by atoms with E-state index in [4.69, 9.17) is 9.47 Å². The molecule has 0 amide bonds. The zero-order valence-corrected chi connectivity index (χ0v) is 11.2. The molecular formula is C16H14O5. The molecule has 0 aromatic heterocycles. The van der Waals surface area contributed by atoms with Gasteiger partial charge in [-0.25, -0.2) is 4.79 Å². The molecule has 0 saturated carbocycles. The van der Waals surface area contributed by atoms with E-state index in [9.17, 15) is 15.0 Å². The number of aromatic hydroxyl groups is 2. The number of carbonyl (C=O) groups excluding carboxylic acids is 1. The molecule has 0 aliphatic heterocycles. The maximum atomic E-state index is 11.6. The summed E-state index contributed by atoms with van der Waals surface area (Å²) in [6.07, 6.45) is 1.68. The highest BCUT2D eigenvalue weighted by atomic mass is 16.6. The van der Waals surface area contributed by atoms with Crippen LogP contribution in [0.3, 0.4) is 0 Å². The molecule has 108 valence electrons. The number of hydrogen-bond acceptors (Lipinski definition) is 5. The molecule has 0 bridgehead atoms. The largest absolute Gasteiger partial charge is 0.504 e. The van der Waals surface area contributed by atoms with Crippen molar-refractivity contribution in [2.45, 2.75) is 0 Å². The van der Waals surface area contributed by atoms with Crippen molar-refractivity contribution in [1.82, 2.24) is 0 Å². The van der Waals surface area contributed by atoms with E-state index in [0.717, 1.165) is 5.56 Å². The Morgan fingerprint density at radius 2 is 1.86 bits per heavy atom. The average molecular weight is 286 g/mol. The summed E-state index contributed by atoms with van der Waals surface area (Å²) in [5.41, 5.74) is 0.913. The Kier molecular flexibility index (Phi) is 4.46. The monoisotopic (exact) mass is 286 g/mol. The summed E-state index contributed by atoms with van der Waals surface area (Å²) in [6, 6.07) is 11.0. The fourth-order valence-electron chi connectivity index (χ4n) is 1.60. The van der Waals surface area contributed by atoms with Crippen LogP contribution in [0, 0.1) is 0 Å². The molecule has 2 aromatic carbocycles. The van der Waals surface area contributed by atoms with Crippen LogP contribution in [0.15, 0.2) is 49.0 Å². The standard InChI is InChI=1S/C16H14O5/c1-2-11-6-8-12(9-7-11)21-15(18)10-20-14-5-3-4-13(17)16(14)19/h2-9,17,19H,1,10H2. The van der Waals surface area contributed by atoms with Gasteiger partial charge in [-0.05, 0) is 29.8 Å². The molecule has 0 aliphatic carbocycles. The van der Waals surface area contributed by atoms with Crippen LogP contribution >= 0.6 is 0 Å². The number of phenols is 2. The van der Waals surface area contributed by atoms with E-state index in [1.807, 2.05) is 0 Å². The van der Waals surface area contributed by atoms with Gasteiger partial charge in [0.05, 0.1) is 0 Å². The Bertz CT molecular complexity index is 646. The van der Waals surface area contributed by atoms with Crippen molar-refractivity contribution in [1.29, 1.82) is 0 Å². The summed E-state index contributed by atoms with van der Waals surface area (Å²) in [5.74, 6) is -0.964. The highest BCUT2D eigenvalue weighted by molar-refractivity contribution is 5.74. The second-order valence-electron chi connectivity index (χ2n) is 4.16. The number of benzene rings is 2. The Balaban J connectivity index is 1.92. The third kappa shape index (κ3) is 3.76. The minimum Gasteiger partial charge on any atom is -0.504 e. The van der Waals surface area contributed by atoms with Crippen LogP contribution in [-0.4, -0.2) is 22.8 Å². The number of hydrogen-bond donors (Lipinski definition) is 2. The molecule has 2 N–H and O–H groups in total. The van der Waals surface area contributed by atoms with Gasteiger partial charge in [-0.3, -0.25) is 0 Å². The van der Waals surface area contributed by atoms with Crippen LogP contribution in [0.25, 0.3) is 6.08 Å². The summed E-state index contributed by atoms with van der Waals surface area (Å²) in [7, 11) is 0. The normalized spacial score (nSPS) is 9.90. The molecule has 21 heavy (non-hydrogen) atoms. The quantitative estimate of drug-likeness (QED) is 0.502. The molecule has 2 rings (SSSR count). The Hall–Kier alpha value is -2.95. The van der Waals surface area contributed by atoms with E-state index < -0.39 is 11.7 Å². The third-order valence-electron chi connectivity index (χ3n) is 2.67. The van der Waals surface area contributed by atoms with E-state index >= 15 is 0 Å². The van der Waals surface area contributed by atoms with Gasteiger partial charge in [0.25, 0.3) is 0 Å². The molecular weight excluding hydrogens is 272 g/mol. The highest BCUT2D eigenvalue weighted by Crippen LogP contribution is 2.34. The summed E-state index contributed by atoms with van der Waals surface area (Å²) in [6.45, 7) is 3.24. The predicted molar refractivity (Wildman–Crippen MR) is 77.4 cm³/mol. The fraction of sp³-hybridized carbons (Fsp3) is 0.0625. The summed E-state index contributed by atoms with van der Waals surface area (Å²) < 4.78 is 10.2. The maximum absolute atomic E-state index is 11.6. The number of rotatable bonds is 5. The molecule has 0 spiro atoms. The Labute approximate surface area is 121 Å². The van der Waals surface area contributed by atoms with Crippen molar-refractivity contribution in [3.05, 3.63) is 54.6 Å². The van der Waals surface area contributed by atoms with Gasteiger partial charge in [0, 0.05) is 0 Å². The van der Waals surface area contributed by atoms with Crippen molar-refractivity contribution in [3.63, 3.8) is 0 Å². The van der Waals surface area contributed by atoms with Gasteiger partial charge in [0.2, 0.25) is 5.75 Å². The van der Waals surface area contributed by atoms with Crippen molar-refractivity contribution < 1.29 is 24.5 Å². The summed E-state index contributed by atoms with van der Waals surface area (Å²) >= 11 is 0. The SMILES string of the molecule is C=Cc1ccc(OC(=O)COc2cccc(O)c2O)cc1. The second-order valence-corrected chi connectivity index (χ2v) is 4.16. The zero-order valence-electron chi connectivity index (χ0n) is 11.2. The smallest absolute Gasteiger partial charge is 0.349 e. The molecule has 5 heteroatoms. The lowest BCUT2D eigenvalue weighted by atomic mass is 10.2. The van der Waals surface area contributed by atoms with Crippen LogP contribution in [0.4, 0.5) is 0 Å². The number of ether oxygens (including phenoxy) is 2. The molecule has 2 aromatic rings. The van der Waals surface area contributed by atoms with Gasteiger partial charge in [-0.2, -0.15) is 0 Å². The van der Waals surface area contributed by atoms with Crippen LogP contribution in [0.1, 0.15) is 5.56 Å². The van der Waals surface area contributed by atoms with Crippen molar-refractivity contribution >= 4 is 12.0 Å². The van der Waals surface area contributed by atoms with Crippen molar-refractivity contribution in [3.8, 4) is 23.0 Å². The second kappa shape index (κ2) is 6.47. The minimum absolute atomic E-state index is 0.00829. The first-order chi connectivity index (χ1) is 10.1. The molecule has 0 saturated heterocycles. The van der Waals surface area contributed by atoms with E-state index in [-0.39, 0.29) is 18.1 Å². The van der Waals surface area contributed by atoms with E-state index in [0.29, 0.717) is 5.75 Å². The molecule has 0 fully saturated rings. The lowest BCUT2D eigenvalue weighted by Crippen LogP contribution is -2.17. The van der Waals surface area contributed by atoms with Crippen LogP contribution in [0.5, 0.6) is 23.0 Å². The topological polar surface area (TPSA) is 76.0 Å². The lowest BCUT2D eigenvalue weighted by molar-refractivity contribution is -0.136. The van der Waals surface area contributed by atoms with Gasteiger partial charge in [0.15, 0.2) is 18.1 Å². The third-order valence-corrected chi connectivity index (χ3v) is 2.67. The number of carbonyl (C=O) groups is 1. The van der Waals surface area contributed by atoms with E-state index in [2.05, 4.69) is 6.58 Å². The van der Waals surface area contributed by atoms with Gasteiger partial charge < -0.3 is 19.7 Å². The predicted octanol–water partition coefficient (Wildman–Crippen LogP) is 2.73. The Morgan fingerprint density at radius 1 is 1.14 bits per heavy atom. The number of para-hydroxylation sites is 1. The Morgan fingerprint density at radius 3 is 2.52 bits per heavy atom. The number of phenolic OH excluding ortho intramolecular Hbond substituents is 2. The van der Waals surface area contributed by atoms with Crippen molar-refractivity contribution in [2.75, 3.05) is 6.61 Å². The maximum Gasteiger partial charge on any atom is 0.349 e. The molecule has 0 atom stereocenters. The van der Waals surface area contributed by atoms with Gasteiger partial charge >= 0.3 is 5.97 Å².